The number of ether oxygens (including phenoxy) is 3. The molecule has 1 N–H and O–H groups in total. The molecule has 1 aliphatic rings. The minimum absolute atomic E-state index is 0.126. The lowest BCUT2D eigenvalue weighted by atomic mass is 10.0. The molecule has 2 heterocycles. The van der Waals surface area contributed by atoms with Crippen molar-refractivity contribution in [2.75, 3.05) is 19.8 Å². The monoisotopic (exact) mass is 350 g/mol. The van der Waals surface area contributed by atoms with Crippen molar-refractivity contribution in [2.45, 2.75) is 38.9 Å². The Bertz CT molecular complexity index is 476. The van der Waals surface area contributed by atoms with E-state index >= 15 is 0 Å². The fourth-order valence-electron chi connectivity index (χ4n) is 2.22. The van der Waals surface area contributed by atoms with Gasteiger partial charge in [0, 0.05) is 17.4 Å². The van der Waals surface area contributed by atoms with Gasteiger partial charge in [0.05, 0.1) is 12.7 Å². The molecule has 0 amide bonds. The summed E-state index contributed by atoms with van der Waals surface area (Å²) in [5.41, 5.74) is 0. The van der Waals surface area contributed by atoms with Crippen molar-refractivity contribution in [3.05, 3.63) is 10.8 Å². The smallest absolute Gasteiger partial charge is 0.302 e. The summed E-state index contributed by atoms with van der Waals surface area (Å²) < 4.78 is 41.5. The fraction of sp³-hybridized carbons (Fsp3) is 0.714. The summed E-state index contributed by atoms with van der Waals surface area (Å²) in [7, 11) is 0. The highest BCUT2D eigenvalue weighted by Crippen LogP contribution is 2.35. The van der Waals surface area contributed by atoms with Crippen LogP contribution in [0.1, 0.15) is 26.7 Å². The first-order valence-corrected chi connectivity index (χ1v) is 9.23. The number of hydrogen-bond acceptors (Lipinski definition) is 6. The molecule has 22 heavy (non-hydrogen) atoms. The van der Waals surface area contributed by atoms with E-state index in [1.807, 2.05) is 24.6 Å². The minimum Gasteiger partial charge on any atom is -0.485 e. The molecule has 1 aromatic heterocycles. The summed E-state index contributed by atoms with van der Waals surface area (Å²) in [6.07, 6.45) is 0.884. The quantitative estimate of drug-likeness (QED) is 0.545. The van der Waals surface area contributed by atoms with Crippen molar-refractivity contribution in [3.63, 3.8) is 0 Å². The van der Waals surface area contributed by atoms with Gasteiger partial charge in [-0.25, -0.2) is 0 Å². The third-order valence-electron chi connectivity index (χ3n) is 3.15. The maximum absolute atomic E-state index is 10.8. The van der Waals surface area contributed by atoms with Gasteiger partial charge < -0.3 is 14.2 Å². The van der Waals surface area contributed by atoms with Gasteiger partial charge in [-0.1, -0.05) is 13.8 Å². The molecule has 0 saturated carbocycles. The summed E-state index contributed by atoms with van der Waals surface area (Å²) in [6, 6.07) is 0. The van der Waals surface area contributed by atoms with Crippen molar-refractivity contribution in [2.24, 2.45) is 5.92 Å². The lowest BCUT2D eigenvalue weighted by molar-refractivity contribution is 0.000932. The maximum Gasteiger partial charge on any atom is 0.302 e. The Hall–Kier alpha value is -0.670. The molecule has 8 heteroatoms. The van der Waals surface area contributed by atoms with E-state index in [2.05, 4.69) is 0 Å². The molecule has 0 aliphatic carbocycles. The molecule has 0 radical (unpaired) electrons. The molecule has 1 aliphatic heterocycles. The van der Waals surface area contributed by atoms with E-state index < -0.39 is 11.4 Å². The first-order valence-electron chi connectivity index (χ1n) is 7.26. The van der Waals surface area contributed by atoms with Crippen molar-refractivity contribution >= 4 is 22.7 Å². The molecule has 0 spiro atoms. The standard InChI is InChI=1S/C14H22O6S2/c1-10(2)5-11(20-22(15)16)3-4-17-6-12-7-18-13-8-21-9-14(13)19-12/h8-12H,3-7H2,1-2H3,(H,15,16). The molecule has 0 aromatic carbocycles. The van der Waals surface area contributed by atoms with Crippen LogP contribution in [0.2, 0.25) is 0 Å². The predicted molar refractivity (Wildman–Crippen MR) is 84.8 cm³/mol. The summed E-state index contributed by atoms with van der Waals surface area (Å²) in [4.78, 5) is 0. The van der Waals surface area contributed by atoms with Crippen LogP contribution in [0.3, 0.4) is 0 Å². The van der Waals surface area contributed by atoms with Crippen LogP contribution >= 0.6 is 11.3 Å². The zero-order valence-electron chi connectivity index (χ0n) is 12.7. The highest BCUT2D eigenvalue weighted by Gasteiger charge is 2.22. The van der Waals surface area contributed by atoms with Crippen LogP contribution in [0.4, 0.5) is 0 Å². The molecule has 2 rings (SSSR count). The van der Waals surface area contributed by atoms with E-state index in [1.54, 1.807) is 11.3 Å². The van der Waals surface area contributed by atoms with Gasteiger partial charge in [0.2, 0.25) is 0 Å². The van der Waals surface area contributed by atoms with Crippen LogP contribution in [0.15, 0.2) is 10.8 Å². The molecule has 0 fully saturated rings. The second-order valence-electron chi connectivity index (χ2n) is 5.58. The van der Waals surface area contributed by atoms with E-state index in [0.29, 0.717) is 32.2 Å². The van der Waals surface area contributed by atoms with Crippen molar-refractivity contribution < 1.29 is 27.2 Å². The highest BCUT2D eigenvalue weighted by atomic mass is 32.2. The van der Waals surface area contributed by atoms with Crippen molar-refractivity contribution in [3.8, 4) is 11.5 Å². The van der Waals surface area contributed by atoms with Gasteiger partial charge in [-0.05, 0) is 18.8 Å². The van der Waals surface area contributed by atoms with E-state index in [-0.39, 0.29) is 12.2 Å². The van der Waals surface area contributed by atoms with Crippen molar-refractivity contribution in [1.82, 2.24) is 0 Å². The van der Waals surface area contributed by atoms with Gasteiger partial charge in [-0.2, -0.15) is 4.21 Å². The van der Waals surface area contributed by atoms with E-state index in [1.165, 1.54) is 0 Å². The lowest BCUT2D eigenvalue weighted by Gasteiger charge is -2.24. The molecule has 3 unspecified atom stereocenters. The van der Waals surface area contributed by atoms with Gasteiger partial charge >= 0.3 is 11.4 Å². The Morgan fingerprint density at radius 3 is 2.95 bits per heavy atom. The van der Waals surface area contributed by atoms with E-state index in [9.17, 15) is 4.21 Å². The molecular formula is C14H22O6S2. The Morgan fingerprint density at radius 2 is 2.23 bits per heavy atom. The van der Waals surface area contributed by atoms with E-state index in [4.69, 9.17) is 22.9 Å². The molecular weight excluding hydrogens is 328 g/mol. The summed E-state index contributed by atoms with van der Waals surface area (Å²) in [5, 5.41) is 3.82. The number of thiophene rings is 1. The number of fused-ring (bicyclic) bond motifs is 1. The molecule has 0 bridgehead atoms. The predicted octanol–water partition coefficient (Wildman–Crippen LogP) is 2.86. The fourth-order valence-corrected chi connectivity index (χ4v) is 3.30. The van der Waals surface area contributed by atoms with Gasteiger partial charge in [0.15, 0.2) is 17.6 Å². The Morgan fingerprint density at radius 1 is 1.45 bits per heavy atom. The van der Waals surface area contributed by atoms with Crippen LogP contribution in [0.25, 0.3) is 0 Å². The molecule has 1 aromatic rings. The first-order chi connectivity index (χ1) is 10.5. The average molecular weight is 350 g/mol. The molecule has 3 atom stereocenters. The number of rotatable bonds is 9. The maximum atomic E-state index is 10.8. The van der Waals surface area contributed by atoms with E-state index in [0.717, 1.165) is 17.9 Å². The van der Waals surface area contributed by atoms with Crippen LogP contribution in [0, 0.1) is 5.92 Å². The SMILES string of the molecule is CC(C)CC(CCOCC1COc2cscc2O1)OS(=O)O. The second kappa shape index (κ2) is 8.83. The summed E-state index contributed by atoms with van der Waals surface area (Å²) in [5.74, 6) is 1.94. The minimum atomic E-state index is -2.24. The normalized spacial score (nSPS) is 20.1. The highest BCUT2D eigenvalue weighted by molar-refractivity contribution is 7.74. The van der Waals surface area contributed by atoms with Crippen LogP contribution < -0.4 is 9.47 Å². The molecule has 126 valence electrons. The van der Waals surface area contributed by atoms with Crippen molar-refractivity contribution in [1.29, 1.82) is 0 Å². The van der Waals surface area contributed by atoms with Gasteiger partial charge in [0.25, 0.3) is 0 Å². The van der Waals surface area contributed by atoms with Gasteiger partial charge in [0.1, 0.15) is 6.61 Å². The third kappa shape index (κ3) is 5.85. The Balaban J connectivity index is 1.66. The summed E-state index contributed by atoms with van der Waals surface area (Å²) in [6.45, 7) is 5.43. The molecule has 6 nitrogen and oxygen atoms in total. The third-order valence-corrected chi connectivity index (χ3v) is 4.29. The topological polar surface area (TPSA) is 74.2 Å². The lowest BCUT2D eigenvalue weighted by Crippen LogP contribution is -2.33. The largest absolute Gasteiger partial charge is 0.485 e. The Kier molecular flexibility index (Phi) is 7.10. The zero-order chi connectivity index (χ0) is 15.9. The Labute approximate surface area is 137 Å². The van der Waals surface area contributed by atoms with Gasteiger partial charge in [-0.15, -0.1) is 11.3 Å². The zero-order valence-corrected chi connectivity index (χ0v) is 14.4. The summed E-state index contributed by atoms with van der Waals surface area (Å²) >= 11 is -0.700. The van der Waals surface area contributed by atoms with Crippen LogP contribution in [-0.4, -0.2) is 40.8 Å². The van der Waals surface area contributed by atoms with Gasteiger partial charge in [-0.3, -0.25) is 8.74 Å². The number of hydrogen-bond donors (Lipinski definition) is 1. The van der Waals surface area contributed by atoms with Crippen LogP contribution in [0.5, 0.6) is 11.5 Å². The second-order valence-corrected chi connectivity index (χ2v) is 6.95. The molecule has 0 saturated heterocycles. The van der Waals surface area contributed by atoms with Crippen LogP contribution in [-0.2, 0) is 20.3 Å². The average Bonchev–Trinajstić information content (AvgIpc) is 2.89. The first kappa shape index (κ1) is 17.7.